The van der Waals surface area contributed by atoms with Crippen molar-refractivity contribution in [3.05, 3.63) is 16.1 Å². The van der Waals surface area contributed by atoms with E-state index in [0.717, 1.165) is 5.01 Å². The quantitative estimate of drug-likeness (QED) is 0.909. The van der Waals surface area contributed by atoms with Crippen molar-refractivity contribution in [1.29, 1.82) is 0 Å². The largest absolute Gasteiger partial charge is 0.481 e. The topological polar surface area (TPSA) is 70.5 Å². The Morgan fingerprint density at radius 1 is 1.35 bits per heavy atom. The molecule has 1 amide bonds. The minimum atomic E-state index is -0.759. The second-order valence-electron chi connectivity index (χ2n) is 6.18. The zero-order chi connectivity index (χ0) is 14.9. The molecule has 5 nitrogen and oxygen atoms in total. The number of aromatic nitrogens is 1. The minimum absolute atomic E-state index is 0.0261. The van der Waals surface area contributed by atoms with Crippen LogP contribution in [0.15, 0.2) is 6.20 Å². The zero-order valence-electron chi connectivity index (χ0n) is 12.0. The molecule has 1 saturated heterocycles. The van der Waals surface area contributed by atoms with Gasteiger partial charge in [-0.3, -0.25) is 9.59 Å². The molecule has 20 heavy (non-hydrogen) atoms. The fourth-order valence-electron chi connectivity index (χ4n) is 2.21. The molecule has 0 saturated carbocycles. The predicted molar refractivity (Wildman–Crippen MR) is 77.1 cm³/mol. The Morgan fingerprint density at radius 2 is 1.95 bits per heavy atom. The second kappa shape index (κ2) is 5.52. The van der Waals surface area contributed by atoms with E-state index in [1.165, 1.54) is 11.3 Å². The van der Waals surface area contributed by atoms with Crippen LogP contribution >= 0.6 is 11.3 Å². The van der Waals surface area contributed by atoms with Gasteiger partial charge in [0.05, 0.1) is 17.1 Å². The molecule has 0 aromatic carbocycles. The fraction of sp³-hybridized carbons (Fsp3) is 0.643. The van der Waals surface area contributed by atoms with Crippen molar-refractivity contribution in [2.24, 2.45) is 5.92 Å². The number of nitrogens with zero attached hydrogens (tertiary/aromatic N) is 2. The Morgan fingerprint density at radius 3 is 2.40 bits per heavy atom. The van der Waals surface area contributed by atoms with Gasteiger partial charge >= 0.3 is 5.97 Å². The Balaban J connectivity index is 2.02. The number of rotatable bonds is 2. The molecule has 1 N–H and O–H groups in total. The van der Waals surface area contributed by atoms with Gasteiger partial charge in [-0.1, -0.05) is 20.8 Å². The van der Waals surface area contributed by atoms with Crippen LogP contribution in [0.1, 0.15) is 48.3 Å². The summed E-state index contributed by atoms with van der Waals surface area (Å²) in [6.07, 6.45) is 2.70. The Labute approximate surface area is 122 Å². The predicted octanol–water partition coefficient (Wildman–Crippen LogP) is 2.38. The van der Waals surface area contributed by atoms with Crippen LogP contribution in [0.5, 0.6) is 0 Å². The lowest BCUT2D eigenvalue weighted by Gasteiger charge is -2.29. The molecule has 0 spiro atoms. The van der Waals surface area contributed by atoms with Crippen LogP contribution < -0.4 is 0 Å². The summed E-state index contributed by atoms with van der Waals surface area (Å²) < 4.78 is 0. The van der Waals surface area contributed by atoms with Crippen LogP contribution in [0, 0.1) is 5.92 Å². The van der Waals surface area contributed by atoms with Crippen molar-refractivity contribution in [3.63, 3.8) is 0 Å². The normalized spacial score (nSPS) is 17.2. The van der Waals surface area contributed by atoms with Gasteiger partial charge in [0.25, 0.3) is 5.91 Å². The number of carbonyl (C=O) groups excluding carboxylic acids is 1. The summed E-state index contributed by atoms with van der Waals surface area (Å²) in [5, 5.41) is 9.91. The smallest absolute Gasteiger partial charge is 0.306 e. The average molecular weight is 296 g/mol. The van der Waals surface area contributed by atoms with E-state index >= 15 is 0 Å². The second-order valence-corrected chi connectivity index (χ2v) is 7.22. The summed E-state index contributed by atoms with van der Waals surface area (Å²) in [7, 11) is 0. The molecule has 0 unspecified atom stereocenters. The third-order valence-corrected chi connectivity index (χ3v) is 4.90. The van der Waals surface area contributed by atoms with Gasteiger partial charge in [0.2, 0.25) is 0 Å². The first kappa shape index (κ1) is 15.0. The standard InChI is InChI=1S/C14H20N2O3S/c1-14(2,3)13-15-8-10(20-13)11(17)16-6-4-9(5-7-16)12(18)19/h8-9H,4-7H2,1-3H3,(H,18,19). The first-order valence-electron chi connectivity index (χ1n) is 6.77. The highest BCUT2D eigenvalue weighted by Crippen LogP contribution is 2.28. The molecule has 0 atom stereocenters. The monoisotopic (exact) mass is 296 g/mol. The molecule has 2 heterocycles. The molecule has 0 radical (unpaired) electrons. The number of thiazole rings is 1. The highest BCUT2D eigenvalue weighted by Gasteiger charge is 2.29. The van der Waals surface area contributed by atoms with Crippen molar-refractivity contribution in [2.75, 3.05) is 13.1 Å². The van der Waals surface area contributed by atoms with Crippen LogP contribution in [-0.2, 0) is 10.2 Å². The first-order valence-corrected chi connectivity index (χ1v) is 7.59. The van der Waals surface area contributed by atoms with E-state index in [1.54, 1.807) is 11.1 Å². The van der Waals surface area contributed by atoms with Gasteiger partial charge in [0.1, 0.15) is 4.88 Å². The van der Waals surface area contributed by atoms with E-state index in [2.05, 4.69) is 25.8 Å². The Hall–Kier alpha value is -1.43. The highest BCUT2D eigenvalue weighted by molar-refractivity contribution is 7.13. The van der Waals surface area contributed by atoms with E-state index in [0.29, 0.717) is 30.8 Å². The summed E-state index contributed by atoms with van der Waals surface area (Å²) in [5.41, 5.74) is -0.0561. The molecule has 1 aliphatic heterocycles. The summed E-state index contributed by atoms with van der Waals surface area (Å²) in [6.45, 7) is 7.23. The maximum atomic E-state index is 12.4. The number of carboxylic acid groups (broad SMARTS) is 1. The van der Waals surface area contributed by atoms with Crippen LogP contribution in [-0.4, -0.2) is 40.0 Å². The summed E-state index contributed by atoms with van der Waals surface area (Å²) in [5.74, 6) is -1.10. The molecular weight excluding hydrogens is 276 g/mol. The number of hydrogen-bond acceptors (Lipinski definition) is 4. The lowest BCUT2D eigenvalue weighted by atomic mass is 9.97. The molecule has 1 aliphatic rings. The molecule has 110 valence electrons. The van der Waals surface area contributed by atoms with Gasteiger partial charge in [0, 0.05) is 18.5 Å². The minimum Gasteiger partial charge on any atom is -0.481 e. The number of piperidine rings is 1. The molecule has 0 bridgehead atoms. The number of carbonyl (C=O) groups is 2. The van der Waals surface area contributed by atoms with Gasteiger partial charge in [-0.15, -0.1) is 11.3 Å². The molecule has 1 aromatic rings. The lowest BCUT2D eigenvalue weighted by Crippen LogP contribution is -2.39. The number of carboxylic acids is 1. The lowest BCUT2D eigenvalue weighted by molar-refractivity contribution is -0.143. The summed E-state index contributed by atoms with van der Waals surface area (Å²) in [4.78, 5) is 30.0. The number of likely N-dealkylation sites (tertiary alicyclic amines) is 1. The van der Waals surface area contributed by atoms with Crippen molar-refractivity contribution in [1.82, 2.24) is 9.88 Å². The fourth-order valence-corrected chi connectivity index (χ4v) is 3.15. The molecule has 6 heteroatoms. The zero-order valence-corrected chi connectivity index (χ0v) is 12.9. The van der Waals surface area contributed by atoms with Gasteiger partial charge < -0.3 is 10.0 Å². The van der Waals surface area contributed by atoms with Crippen LogP contribution in [0.25, 0.3) is 0 Å². The highest BCUT2D eigenvalue weighted by atomic mass is 32.1. The van der Waals surface area contributed by atoms with Gasteiger partial charge in [-0.25, -0.2) is 4.98 Å². The van der Waals surface area contributed by atoms with Crippen molar-refractivity contribution in [2.45, 2.75) is 39.0 Å². The van der Waals surface area contributed by atoms with E-state index < -0.39 is 5.97 Å². The molecule has 1 aromatic heterocycles. The first-order chi connectivity index (χ1) is 9.29. The van der Waals surface area contributed by atoms with Crippen molar-refractivity contribution in [3.8, 4) is 0 Å². The van der Waals surface area contributed by atoms with E-state index in [4.69, 9.17) is 5.11 Å². The van der Waals surface area contributed by atoms with Crippen LogP contribution in [0.4, 0.5) is 0 Å². The average Bonchev–Trinajstić information content (AvgIpc) is 2.87. The number of amides is 1. The molecular formula is C14H20N2O3S. The van der Waals surface area contributed by atoms with Crippen LogP contribution in [0.2, 0.25) is 0 Å². The van der Waals surface area contributed by atoms with E-state index in [9.17, 15) is 9.59 Å². The Kier molecular flexibility index (Phi) is 4.13. The van der Waals surface area contributed by atoms with E-state index in [-0.39, 0.29) is 17.2 Å². The third-order valence-electron chi connectivity index (χ3n) is 3.49. The van der Waals surface area contributed by atoms with Crippen molar-refractivity contribution < 1.29 is 14.7 Å². The van der Waals surface area contributed by atoms with Crippen molar-refractivity contribution >= 4 is 23.2 Å². The third kappa shape index (κ3) is 3.17. The maximum Gasteiger partial charge on any atom is 0.306 e. The molecule has 1 fully saturated rings. The van der Waals surface area contributed by atoms with Gasteiger partial charge in [-0.05, 0) is 12.8 Å². The SMILES string of the molecule is CC(C)(C)c1ncc(C(=O)N2CCC(C(=O)O)CC2)s1. The van der Waals surface area contributed by atoms with Gasteiger partial charge in [0.15, 0.2) is 0 Å². The van der Waals surface area contributed by atoms with Gasteiger partial charge in [-0.2, -0.15) is 0 Å². The Bertz CT molecular complexity index is 511. The van der Waals surface area contributed by atoms with E-state index in [1.807, 2.05) is 0 Å². The number of hydrogen-bond donors (Lipinski definition) is 1. The maximum absolute atomic E-state index is 12.4. The summed E-state index contributed by atoms with van der Waals surface area (Å²) >= 11 is 1.43. The molecule has 2 rings (SSSR count). The summed E-state index contributed by atoms with van der Waals surface area (Å²) in [6, 6.07) is 0. The number of aliphatic carboxylic acids is 1. The van der Waals surface area contributed by atoms with Crippen LogP contribution in [0.3, 0.4) is 0 Å². The molecule has 0 aliphatic carbocycles.